The maximum Gasteiger partial charge on any atom is 0.187 e. The Bertz CT molecular complexity index is 231. The van der Waals surface area contributed by atoms with Gasteiger partial charge in [-0.3, -0.25) is 0 Å². The fourth-order valence-corrected chi connectivity index (χ4v) is 1.45. The summed E-state index contributed by atoms with van der Waals surface area (Å²) in [4.78, 5) is 0. The lowest BCUT2D eigenvalue weighted by atomic mass is 9.99. The summed E-state index contributed by atoms with van der Waals surface area (Å²) in [6, 6.07) is 0. The monoisotopic (exact) mass is 234 g/mol. The number of rotatable bonds is 4. The first-order valence-electron chi connectivity index (χ1n) is 5.09. The van der Waals surface area contributed by atoms with Crippen molar-refractivity contribution in [3.8, 4) is 0 Å². The van der Waals surface area contributed by atoms with Crippen molar-refractivity contribution in [3.63, 3.8) is 0 Å². The standard InChI is InChI=1S/C10H18O6/c1-3-5(2)15-10-9(14)8(13)7(12)6(4-11)16-10/h3,5-14H,1,4H2,2H3. The minimum Gasteiger partial charge on any atom is -0.394 e. The van der Waals surface area contributed by atoms with E-state index in [2.05, 4.69) is 6.58 Å². The molecule has 1 heterocycles. The van der Waals surface area contributed by atoms with Crippen LogP contribution in [0.5, 0.6) is 0 Å². The van der Waals surface area contributed by atoms with Crippen molar-refractivity contribution in [2.24, 2.45) is 0 Å². The van der Waals surface area contributed by atoms with Crippen molar-refractivity contribution < 1.29 is 29.9 Å². The van der Waals surface area contributed by atoms with E-state index >= 15 is 0 Å². The Morgan fingerprint density at radius 1 is 1.31 bits per heavy atom. The number of hydrogen-bond acceptors (Lipinski definition) is 6. The highest BCUT2D eigenvalue weighted by molar-refractivity contribution is 4.90. The van der Waals surface area contributed by atoms with Crippen molar-refractivity contribution in [1.82, 2.24) is 0 Å². The quantitative estimate of drug-likeness (QED) is 0.436. The van der Waals surface area contributed by atoms with Gasteiger partial charge < -0.3 is 29.9 Å². The molecule has 0 saturated carbocycles. The molecular formula is C10H18O6. The normalized spacial score (nSPS) is 41.7. The molecule has 0 spiro atoms. The van der Waals surface area contributed by atoms with Gasteiger partial charge in [0.15, 0.2) is 6.29 Å². The molecule has 6 unspecified atom stereocenters. The Morgan fingerprint density at radius 3 is 2.44 bits per heavy atom. The Morgan fingerprint density at radius 2 is 1.94 bits per heavy atom. The van der Waals surface area contributed by atoms with E-state index in [0.29, 0.717) is 0 Å². The molecule has 6 heteroatoms. The highest BCUT2D eigenvalue weighted by atomic mass is 16.7. The molecule has 0 aliphatic carbocycles. The number of aliphatic hydroxyl groups excluding tert-OH is 4. The van der Waals surface area contributed by atoms with Crippen molar-refractivity contribution in [1.29, 1.82) is 0 Å². The summed E-state index contributed by atoms with van der Waals surface area (Å²) in [5.74, 6) is 0. The summed E-state index contributed by atoms with van der Waals surface area (Å²) in [5, 5.41) is 37.5. The summed E-state index contributed by atoms with van der Waals surface area (Å²) < 4.78 is 10.4. The van der Waals surface area contributed by atoms with Crippen LogP contribution in [0.15, 0.2) is 12.7 Å². The van der Waals surface area contributed by atoms with Gasteiger partial charge >= 0.3 is 0 Å². The van der Waals surface area contributed by atoms with Crippen LogP contribution in [0, 0.1) is 0 Å². The third-order valence-corrected chi connectivity index (χ3v) is 2.53. The largest absolute Gasteiger partial charge is 0.394 e. The Hall–Kier alpha value is -0.500. The van der Waals surface area contributed by atoms with Gasteiger partial charge in [0.05, 0.1) is 12.7 Å². The molecule has 94 valence electrons. The first-order valence-corrected chi connectivity index (χ1v) is 5.09. The molecule has 0 radical (unpaired) electrons. The Balaban J connectivity index is 2.66. The molecular weight excluding hydrogens is 216 g/mol. The lowest BCUT2D eigenvalue weighted by Gasteiger charge is -2.40. The van der Waals surface area contributed by atoms with Crippen molar-refractivity contribution >= 4 is 0 Å². The molecule has 0 aromatic heterocycles. The molecule has 0 aromatic rings. The minimum absolute atomic E-state index is 0.374. The SMILES string of the molecule is C=CC(C)OC1OC(CO)C(O)C(O)C1O. The fourth-order valence-electron chi connectivity index (χ4n) is 1.45. The molecule has 0 amide bonds. The molecule has 4 N–H and O–H groups in total. The molecule has 1 fully saturated rings. The Kier molecular flexibility index (Phi) is 4.85. The molecule has 1 rings (SSSR count). The van der Waals surface area contributed by atoms with E-state index in [0.717, 1.165) is 0 Å². The lowest BCUT2D eigenvalue weighted by molar-refractivity contribution is -0.306. The van der Waals surface area contributed by atoms with Gasteiger partial charge in [0.2, 0.25) is 0 Å². The highest BCUT2D eigenvalue weighted by Crippen LogP contribution is 2.22. The number of hydrogen-bond donors (Lipinski definition) is 4. The first kappa shape index (κ1) is 13.6. The lowest BCUT2D eigenvalue weighted by Crippen LogP contribution is -2.59. The average molecular weight is 234 g/mol. The highest BCUT2D eigenvalue weighted by Gasteiger charge is 2.44. The van der Waals surface area contributed by atoms with E-state index in [1.54, 1.807) is 6.92 Å². The van der Waals surface area contributed by atoms with Crippen LogP contribution >= 0.6 is 0 Å². The van der Waals surface area contributed by atoms with E-state index in [1.165, 1.54) is 6.08 Å². The summed E-state index contributed by atoms with van der Waals surface area (Å²) in [6.45, 7) is 4.72. The summed E-state index contributed by atoms with van der Waals surface area (Å²) in [7, 11) is 0. The van der Waals surface area contributed by atoms with Gasteiger partial charge in [0.25, 0.3) is 0 Å². The maximum absolute atomic E-state index is 9.59. The van der Waals surface area contributed by atoms with Crippen LogP contribution in [-0.4, -0.2) is 63.8 Å². The zero-order valence-electron chi connectivity index (χ0n) is 9.06. The van der Waals surface area contributed by atoms with Gasteiger partial charge in [-0.1, -0.05) is 6.08 Å². The molecule has 0 bridgehead atoms. The van der Waals surface area contributed by atoms with Gasteiger partial charge in [0.1, 0.15) is 24.4 Å². The van der Waals surface area contributed by atoms with Crippen LogP contribution in [-0.2, 0) is 9.47 Å². The van der Waals surface area contributed by atoms with E-state index in [1.807, 2.05) is 0 Å². The third-order valence-electron chi connectivity index (χ3n) is 2.53. The molecule has 1 saturated heterocycles. The second-order valence-corrected chi connectivity index (χ2v) is 3.77. The topological polar surface area (TPSA) is 99.4 Å². The molecule has 1 aliphatic heterocycles. The fraction of sp³-hybridized carbons (Fsp3) is 0.800. The second-order valence-electron chi connectivity index (χ2n) is 3.77. The predicted octanol–water partition coefficient (Wildman–Crippen LogP) is -1.62. The number of aliphatic hydroxyl groups is 4. The van der Waals surface area contributed by atoms with Crippen molar-refractivity contribution in [3.05, 3.63) is 12.7 Å². The van der Waals surface area contributed by atoms with Gasteiger partial charge in [-0.2, -0.15) is 0 Å². The van der Waals surface area contributed by atoms with Gasteiger partial charge in [-0.25, -0.2) is 0 Å². The average Bonchev–Trinajstić information content (AvgIpc) is 2.29. The van der Waals surface area contributed by atoms with E-state index in [4.69, 9.17) is 14.6 Å². The molecule has 0 aromatic carbocycles. The van der Waals surface area contributed by atoms with Crippen LogP contribution in [0.25, 0.3) is 0 Å². The molecule has 16 heavy (non-hydrogen) atoms. The molecule has 6 atom stereocenters. The van der Waals surface area contributed by atoms with Crippen molar-refractivity contribution in [2.75, 3.05) is 6.61 Å². The van der Waals surface area contributed by atoms with E-state index < -0.39 is 37.3 Å². The van der Waals surface area contributed by atoms with Gasteiger partial charge in [0, 0.05) is 0 Å². The maximum atomic E-state index is 9.59. The van der Waals surface area contributed by atoms with Crippen LogP contribution in [0.2, 0.25) is 0 Å². The molecule has 1 aliphatic rings. The zero-order chi connectivity index (χ0) is 12.3. The second kappa shape index (κ2) is 5.72. The third kappa shape index (κ3) is 2.79. The van der Waals surface area contributed by atoms with Crippen LogP contribution in [0.4, 0.5) is 0 Å². The molecule has 6 nitrogen and oxygen atoms in total. The Labute approximate surface area is 93.7 Å². The van der Waals surface area contributed by atoms with Gasteiger partial charge in [-0.05, 0) is 6.92 Å². The predicted molar refractivity (Wildman–Crippen MR) is 54.5 cm³/mol. The van der Waals surface area contributed by atoms with E-state index in [-0.39, 0.29) is 6.10 Å². The van der Waals surface area contributed by atoms with E-state index in [9.17, 15) is 15.3 Å². The van der Waals surface area contributed by atoms with Crippen LogP contribution < -0.4 is 0 Å². The smallest absolute Gasteiger partial charge is 0.187 e. The summed E-state index contributed by atoms with van der Waals surface area (Å²) in [5.41, 5.74) is 0. The zero-order valence-corrected chi connectivity index (χ0v) is 9.06. The summed E-state index contributed by atoms with van der Waals surface area (Å²) in [6.07, 6.45) is -5.04. The van der Waals surface area contributed by atoms with Crippen LogP contribution in [0.3, 0.4) is 0 Å². The van der Waals surface area contributed by atoms with Gasteiger partial charge in [-0.15, -0.1) is 6.58 Å². The number of ether oxygens (including phenoxy) is 2. The minimum atomic E-state index is -1.41. The van der Waals surface area contributed by atoms with Crippen LogP contribution in [0.1, 0.15) is 6.92 Å². The summed E-state index contributed by atoms with van der Waals surface area (Å²) >= 11 is 0. The van der Waals surface area contributed by atoms with Crippen molar-refractivity contribution in [2.45, 2.75) is 43.7 Å². The first-order chi connectivity index (χ1) is 7.51.